The lowest BCUT2D eigenvalue weighted by molar-refractivity contribution is 0.414. The number of nitrogens with zero attached hydrogens (tertiary/aromatic N) is 2. The molecule has 100 valence electrons. The van der Waals surface area contributed by atoms with E-state index in [0.717, 1.165) is 27.3 Å². The largest absolute Gasteiger partial charge is 0.497 e. The van der Waals surface area contributed by atoms with E-state index >= 15 is 0 Å². The monoisotopic (exact) mass is 328 g/mol. The maximum atomic E-state index is 5.19. The molecule has 1 aromatic heterocycles. The Labute approximate surface area is 125 Å². The first-order valence-corrected chi connectivity index (χ1v) is 7.02. The van der Waals surface area contributed by atoms with Crippen LogP contribution >= 0.6 is 15.9 Å². The van der Waals surface area contributed by atoms with Gasteiger partial charge in [-0.25, -0.2) is 4.68 Å². The highest BCUT2D eigenvalue weighted by atomic mass is 79.9. The van der Waals surface area contributed by atoms with Crippen LogP contribution in [0.1, 0.15) is 0 Å². The highest BCUT2D eigenvalue weighted by Gasteiger charge is 2.10. The number of hydrogen-bond acceptors (Lipinski definition) is 2. The van der Waals surface area contributed by atoms with Crippen molar-refractivity contribution in [2.24, 2.45) is 0 Å². The molecule has 20 heavy (non-hydrogen) atoms. The van der Waals surface area contributed by atoms with Crippen LogP contribution in [0.2, 0.25) is 0 Å². The van der Waals surface area contributed by atoms with Crippen LogP contribution in [-0.4, -0.2) is 16.9 Å². The van der Waals surface area contributed by atoms with E-state index < -0.39 is 0 Å². The van der Waals surface area contributed by atoms with Crippen molar-refractivity contribution in [1.29, 1.82) is 0 Å². The smallest absolute Gasteiger partial charge is 0.129 e. The van der Waals surface area contributed by atoms with Gasteiger partial charge in [-0.3, -0.25) is 0 Å². The van der Waals surface area contributed by atoms with Crippen LogP contribution in [0.4, 0.5) is 0 Å². The highest BCUT2D eigenvalue weighted by molar-refractivity contribution is 9.10. The van der Waals surface area contributed by atoms with Gasteiger partial charge in [0.1, 0.15) is 10.4 Å². The molecule has 0 atom stereocenters. The maximum absolute atomic E-state index is 5.19. The zero-order valence-electron chi connectivity index (χ0n) is 11.0. The van der Waals surface area contributed by atoms with Gasteiger partial charge in [0.2, 0.25) is 0 Å². The van der Waals surface area contributed by atoms with E-state index in [-0.39, 0.29) is 0 Å². The van der Waals surface area contributed by atoms with Gasteiger partial charge in [-0.2, -0.15) is 5.10 Å². The Morgan fingerprint density at radius 3 is 2.35 bits per heavy atom. The summed E-state index contributed by atoms with van der Waals surface area (Å²) in [5.41, 5.74) is 3.17. The minimum atomic E-state index is 0.812. The van der Waals surface area contributed by atoms with Gasteiger partial charge >= 0.3 is 0 Å². The normalized spacial score (nSPS) is 10.5. The van der Waals surface area contributed by atoms with E-state index in [2.05, 4.69) is 33.2 Å². The summed E-state index contributed by atoms with van der Waals surface area (Å²) in [5, 5.41) is 4.51. The molecule has 0 saturated heterocycles. The molecular formula is C16H13BrN2O. The van der Waals surface area contributed by atoms with E-state index in [0.29, 0.717) is 0 Å². The van der Waals surface area contributed by atoms with Crippen LogP contribution in [-0.2, 0) is 0 Å². The van der Waals surface area contributed by atoms with Crippen LogP contribution in [0, 0.1) is 0 Å². The van der Waals surface area contributed by atoms with Crippen molar-refractivity contribution in [3.05, 3.63) is 65.3 Å². The van der Waals surface area contributed by atoms with Gasteiger partial charge < -0.3 is 4.74 Å². The predicted octanol–water partition coefficient (Wildman–Crippen LogP) is 4.31. The SMILES string of the molecule is COc1ccc(-n2nc(Br)cc2-c2ccccc2)cc1. The number of methoxy groups -OCH3 is 1. The molecule has 0 N–H and O–H groups in total. The molecule has 3 aromatic rings. The van der Waals surface area contributed by atoms with Gasteiger partial charge in [0.05, 0.1) is 18.5 Å². The molecule has 3 rings (SSSR count). The Hall–Kier alpha value is -2.07. The fourth-order valence-corrected chi connectivity index (χ4v) is 2.46. The van der Waals surface area contributed by atoms with E-state index in [4.69, 9.17) is 4.74 Å². The van der Waals surface area contributed by atoms with Crippen LogP contribution in [0.25, 0.3) is 16.9 Å². The molecule has 3 nitrogen and oxygen atoms in total. The number of benzene rings is 2. The molecule has 0 spiro atoms. The van der Waals surface area contributed by atoms with Gasteiger partial charge in [-0.1, -0.05) is 30.3 Å². The molecule has 0 aliphatic rings. The summed E-state index contributed by atoms with van der Waals surface area (Å²) < 4.78 is 7.91. The molecule has 0 amide bonds. The first kappa shape index (κ1) is 12.9. The fraction of sp³-hybridized carbons (Fsp3) is 0.0625. The molecule has 0 radical (unpaired) electrons. The third-order valence-electron chi connectivity index (χ3n) is 3.07. The van der Waals surface area contributed by atoms with E-state index in [1.165, 1.54) is 0 Å². The van der Waals surface area contributed by atoms with Crippen LogP contribution in [0.3, 0.4) is 0 Å². The van der Waals surface area contributed by atoms with Gasteiger partial charge in [0.15, 0.2) is 0 Å². The standard InChI is InChI=1S/C16H13BrN2O/c1-20-14-9-7-13(8-10-14)19-15(11-16(17)18-19)12-5-3-2-4-6-12/h2-11H,1H3. The Balaban J connectivity index is 2.09. The lowest BCUT2D eigenvalue weighted by atomic mass is 10.1. The minimum absolute atomic E-state index is 0.812. The second kappa shape index (κ2) is 5.51. The average molecular weight is 329 g/mol. The number of halogens is 1. The Bertz CT molecular complexity index is 705. The second-order valence-electron chi connectivity index (χ2n) is 4.33. The third-order valence-corrected chi connectivity index (χ3v) is 3.45. The first-order chi connectivity index (χ1) is 9.78. The zero-order chi connectivity index (χ0) is 13.9. The lowest BCUT2D eigenvalue weighted by Crippen LogP contribution is -1.98. The third kappa shape index (κ3) is 2.47. The quantitative estimate of drug-likeness (QED) is 0.716. The summed E-state index contributed by atoms with van der Waals surface area (Å²) in [6.07, 6.45) is 0. The average Bonchev–Trinajstić information content (AvgIpc) is 2.90. The van der Waals surface area contributed by atoms with Gasteiger partial charge in [-0.15, -0.1) is 0 Å². The van der Waals surface area contributed by atoms with Crippen molar-refractivity contribution in [2.75, 3.05) is 7.11 Å². The van der Waals surface area contributed by atoms with Crippen molar-refractivity contribution in [3.63, 3.8) is 0 Å². The van der Waals surface area contributed by atoms with Gasteiger partial charge in [0.25, 0.3) is 0 Å². The summed E-state index contributed by atoms with van der Waals surface area (Å²) >= 11 is 3.45. The topological polar surface area (TPSA) is 27.1 Å². The van der Waals surface area contributed by atoms with Crippen LogP contribution < -0.4 is 4.74 Å². The summed E-state index contributed by atoms with van der Waals surface area (Å²) in [6, 6.07) is 20.1. The van der Waals surface area contributed by atoms with Crippen molar-refractivity contribution in [1.82, 2.24) is 9.78 Å². The minimum Gasteiger partial charge on any atom is -0.497 e. The van der Waals surface area contributed by atoms with E-state index in [1.54, 1.807) is 7.11 Å². The fourth-order valence-electron chi connectivity index (χ4n) is 2.09. The van der Waals surface area contributed by atoms with Crippen LogP contribution in [0.15, 0.2) is 65.3 Å². The molecule has 0 aliphatic carbocycles. The molecule has 4 heteroatoms. The Morgan fingerprint density at radius 2 is 1.70 bits per heavy atom. The lowest BCUT2D eigenvalue weighted by Gasteiger charge is -2.08. The van der Waals surface area contributed by atoms with Crippen molar-refractivity contribution < 1.29 is 4.74 Å². The molecule has 2 aromatic carbocycles. The first-order valence-electron chi connectivity index (χ1n) is 6.23. The molecular weight excluding hydrogens is 316 g/mol. The van der Waals surface area contributed by atoms with Crippen molar-refractivity contribution >= 4 is 15.9 Å². The zero-order valence-corrected chi connectivity index (χ0v) is 12.5. The molecule has 0 saturated carbocycles. The number of ether oxygens (including phenoxy) is 1. The summed E-state index contributed by atoms with van der Waals surface area (Å²) in [5.74, 6) is 0.834. The van der Waals surface area contributed by atoms with Crippen molar-refractivity contribution in [3.8, 4) is 22.7 Å². The maximum Gasteiger partial charge on any atom is 0.129 e. The predicted molar refractivity (Wildman–Crippen MR) is 83.3 cm³/mol. The van der Waals surface area contributed by atoms with Crippen molar-refractivity contribution in [2.45, 2.75) is 0 Å². The van der Waals surface area contributed by atoms with Crippen LogP contribution in [0.5, 0.6) is 5.75 Å². The molecule has 1 heterocycles. The molecule has 0 aliphatic heterocycles. The number of hydrogen-bond donors (Lipinski definition) is 0. The number of rotatable bonds is 3. The summed E-state index contributed by atoms with van der Waals surface area (Å²) in [6.45, 7) is 0. The molecule has 0 fully saturated rings. The molecule has 0 bridgehead atoms. The second-order valence-corrected chi connectivity index (χ2v) is 5.14. The number of aromatic nitrogens is 2. The Kier molecular flexibility index (Phi) is 3.56. The summed E-state index contributed by atoms with van der Waals surface area (Å²) in [4.78, 5) is 0. The Morgan fingerprint density at radius 1 is 1.00 bits per heavy atom. The summed E-state index contributed by atoms with van der Waals surface area (Å²) in [7, 11) is 1.66. The van der Waals surface area contributed by atoms with E-state index in [9.17, 15) is 0 Å². The van der Waals surface area contributed by atoms with E-state index in [1.807, 2.05) is 53.2 Å². The van der Waals surface area contributed by atoms with Gasteiger partial charge in [-0.05, 0) is 46.3 Å². The van der Waals surface area contributed by atoms with Gasteiger partial charge in [0, 0.05) is 5.56 Å². The highest BCUT2D eigenvalue weighted by Crippen LogP contribution is 2.26. The molecule has 0 unspecified atom stereocenters.